The Morgan fingerprint density at radius 1 is 1.67 bits per heavy atom. The fourth-order valence-corrected chi connectivity index (χ4v) is 1.03. The molecule has 5 nitrogen and oxygen atoms in total. The van der Waals surface area contributed by atoms with Crippen molar-refractivity contribution < 1.29 is 0 Å². The Morgan fingerprint density at radius 3 is 3.25 bits per heavy atom. The van der Waals surface area contributed by atoms with Gasteiger partial charge in [0.1, 0.15) is 0 Å². The van der Waals surface area contributed by atoms with Gasteiger partial charge in [0, 0.05) is 12.4 Å². The van der Waals surface area contributed by atoms with E-state index in [0.29, 0.717) is 5.78 Å². The Labute approximate surface area is 68.1 Å². The number of rotatable bonds is 1. The summed E-state index contributed by atoms with van der Waals surface area (Å²) >= 11 is 0. The van der Waals surface area contributed by atoms with Gasteiger partial charge < -0.3 is 0 Å². The zero-order valence-corrected chi connectivity index (χ0v) is 6.61. The van der Waals surface area contributed by atoms with Crippen molar-refractivity contribution in [2.75, 3.05) is 0 Å². The summed E-state index contributed by atoms with van der Waals surface area (Å²) in [6.07, 6.45) is 4.32. The van der Waals surface area contributed by atoms with Crippen LogP contribution in [0, 0.1) is 0 Å². The normalized spacial score (nSPS) is 10.8. The molecule has 2 aromatic rings. The van der Waals surface area contributed by atoms with Crippen molar-refractivity contribution in [1.82, 2.24) is 19.6 Å². The van der Waals surface area contributed by atoms with Gasteiger partial charge in [-0.15, -0.1) is 5.10 Å². The van der Waals surface area contributed by atoms with E-state index in [1.807, 2.05) is 6.92 Å². The maximum atomic E-state index is 11.1. The lowest BCUT2D eigenvalue weighted by Gasteiger charge is -1.94. The lowest BCUT2D eigenvalue weighted by atomic mass is 10.3. The van der Waals surface area contributed by atoms with Crippen LogP contribution in [0.5, 0.6) is 0 Å². The van der Waals surface area contributed by atoms with Gasteiger partial charge in [0.15, 0.2) is 0 Å². The summed E-state index contributed by atoms with van der Waals surface area (Å²) in [6, 6.07) is 0. The van der Waals surface area contributed by atoms with Crippen molar-refractivity contribution in [3.63, 3.8) is 0 Å². The number of hydrogen-bond donors (Lipinski definition) is 1. The number of hydrogen-bond acceptors (Lipinski definition) is 3. The summed E-state index contributed by atoms with van der Waals surface area (Å²) in [4.78, 5) is 15.0. The maximum absolute atomic E-state index is 11.1. The minimum atomic E-state index is -0.243. The second-order valence-corrected chi connectivity index (χ2v) is 2.51. The minimum absolute atomic E-state index is 0.243. The summed E-state index contributed by atoms with van der Waals surface area (Å²) in [5.74, 6) is 0.414. The Bertz CT molecular complexity index is 456. The molecular weight excluding hydrogens is 156 g/mol. The van der Waals surface area contributed by atoms with Crippen LogP contribution in [0.15, 0.2) is 17.2 Å². The van der Waals surface area contributed by atoms with Crippen molar-refractivity contribution in [3.05, 3.63) is 28.4 Å². The molecule has 5 heteroatoms. The van der Waals surface area contributed by atoms with Gasteiger partial charge in [0.25, 0.3) is 5.78 Å². The molecule has 0 radical (unpaired) electrons. The Morgan fingerprint density at radius 2 is 2.50 bits per heavy atom. The molecule has 0 saturated carbocycles. The van der Waals surface area contributed by atoms with Crippen LogP contribution in [-0.2, 0) is 6.42 Å². The molecule has 2 aromatic heterocycles. The first kappa shape index (κ1) is 7.02. The van der Waals surface area contributed by atoms with E-state index in [1.165, 1.54) is 4.40 Å². The lowest BCUT2D eigenvalue weighted by molar-refractivity contribution is 0.986. The number of aromatic nitrogens is 4. The molecule has 0 aliphatic heterocycles. The Kier molecular flexibility index (Phi) is 1.43. The molecule has 0 aliphatic rings. The smallest absolute Gasteiger partial charge is 0.246 e. The van der Waals surface area contributed by atoms with E-state index in [-0.39, 0.29) is 5.69 Å². The van der Waals surface area contributed by atoms with E-state index in [1.54, 1.807) is 12.4 Å². The van der Waals surface area contributed by atoms with Gasteiger partial charge in [-0.1, -0.05) is 6.92 Å². The molecule has 1 N–H and O–H groups in total. The van der Waals surface area contributed by atoms with Gasteiger partial charge in [-0.2, -0.15) is 0 Å². The van der Waals surface area contributed by atoms with Crippen LogP contribution in [0.4, 0.5) is 0 Å². The highest BCUT2D eigenvalue weighted by Gasteiger charge is 1.99. The van der Waals surface area contributed by atoms with E-state index in [0.717, 1.165) is 12.0 Å². The first-order valence-corrected chi connectivity index (χ1v) is 3.73. The molecule has 2 rings (SSSR count). The van der Waals surface area contributed by atoms with Crippen molar-refractivity contribution in [3.8, 4) is 0 Å². The Balaban J connectivity index is 2.80. The number of nitrogens with zero attached hydrogens (tertiary/aromatic N) is 3. The molecule has 0 aromatic carbocycles. The largest absolute Gasteiger partial charge is 0.348 e. The highest BCUT2D eigenvalue weighted by Crippen LogP contribution is 1.97. The van der Waals surface area contributed by atoms with Gasteiger partial charge >= 0.3 is 5.69 Å². The van der Waals surface area contributed by atoms with Crippen molar-refractivity contribution in [2.45, 2.75) is 13.3 Å². The van der Waals surface area contributed by atoms with Crippen molar-refractivity contribution in [1.29, 1.82) is 0 Å². The molecule has 0 bridgehead atoms. The lowest BCUT2D eigenvalue weighted by Crippen LogP contribution is -2.09. The van der Waals surface area contributed by atoms with Crippen LogP contribution in [0.25, 0.3) is 5.78 Å². The average Bonchev–Trinajstić information content (AvgIpc) is 2.47. The van der Waals surface area contributed by atoms with Crippen molar-refractivity contribution >= 4 is 5.78 Å². The minimum Gasteiger partial charge on any atom is -0.246 e. The van der Waals surface area contributed by atoms with E-state index in [2.05, 4.69) is 15.2 Å². The summed E-state index contributed by atoms with van der Waals surface area (Å²) < 4.78 is 1.40. The number of aryl methyl sites for hydroxylation is 1. The zero-order chi connectivity index (χ0) is 8.55. The number of nitrogens with one attached hydrogen (secondary N) is 1. The highest BCUT2D eigenvalue weighted by atomic mass is 16.1. The zero-order valence-electron chi connectivity index (χ0n) is 6.61. The number of aromatic amines is 1. The van der Waals surface area contributed by atoms with E-state index in [4.69, 9.17) is 0 Å². The van der Waals surface area contributed by atoms with Gasteiger partial charge in [0.2, 0.25) is 0 Å². The molecular formula is C7H8N4O. The average molecular weight is 164 g/mol. The summed E-state index contributed by atoms with van der Waals surface area (Å²) in [5, 5.41) is 6.03. The third kappa shape index (κ3) is 0.903. The molecule has 0 unspecified atom stereocenters. The molecule has 12 heavy (non-hydrogen) atoms. The fraction of sp³-hybridized carbons (Fsp3) is 0.286. The van der Waals surface area contributed by atoms with E-state index >= 15 is 0 Å². The highest BCUT2D eigenvalue weighted by molar-refractivity contribution is 5.26. The fourth-order valence-electron chi connectivity index (χ4n) is 1.03. The molecule has 0 amide bonds. The standard InChI is InChI=1S/C7H8N4O/c1-2-5-3-8-6-9-10-7(12)11(6)4-5/h3-4H,2H2,1H3,(H,10,12). The van der Waals surface area contributed by atoms with Crippen LogP contribution >= 0.6 is 0 Å². The van der Waals surface area contributed by atoms with Crippen LogP contribution in [0.1, 0.15) is 12.5 Å². The Hall–Kier alpha value is -1.65. The third-order valence-corrected chi connectivity index (χ3v) is 1.73. The molecule has 0 saturated heterocycles. The first-order chi connectivity index (χ1) is 5.81. The molecule has 2 heterocycles. The summed E-state index contributed by atoms with van der Waals surface area (Å²) in [7, 11) is 0. The van der Waals surface area contributed by atoms with E-state index < -0.39 is 0 Å². The quantitative estimate of drug-likeness (QED) is 0.644. The molecule has 0 fully saturated rings. The number of H-pyrrole nitrogens is 1. The van der Waals surface area contributed by atoms with Gasteiger partial charge in [-0.25, -0.2) is 19.3 Å². The van der Waals surface area contributed by atoms with Crippen LogP contribution < -0.4 is 5.69 Å². The van der Waals surface area contributed by atoms with Gasteiger partial charge in [-0.05, 0) is 12.0 Å². The molecule has 62 valence electrons. The van der Waals surface area contributed by atoms with Gasteiger partial charge in [0.05, 0.1) is 0 Å². The molecule has 0 spiro atoms. The van der Waals surface area contributed by atoms with Crippen LogP contribution in [0.3, 0.4) is 0 Å². The predicted molar refractivity (Wildman–Crippen MR) is 43.0 cm³/mol. The molecule has 0 atom stereocenters. The monoisotopic (exact) mass is 164 g/mol. The second kappa shape index (κ2) is 2.44. The summed E-state index contributed by atoms with van der Waals surface area (Å²) in [5.41, 5.74) is 0.777. The SMILES string of the molecule is CCc1cnc2n[nH]c(=O)n2c1. The van der Waals surface area contributed by atoms with E-state index in [9.17, 15) is 4.79 Å². The van der Waals surface area contributed by atoms with Crippen LogP contribution in [-0.4, -0.2) is 19.6 Å². The summed E-state index contributed by atoms with van der Waals surface area (Å²) in [6.45, 7) is 2.01. The molecule has 0 aliphatic carbocycles. The van der Waals surface area contributed by atoms with Crippen LogP contribution in [0.2, 0.25) is 0 Å². The third-order valence-electron chi connectivity index (χ3n) is 1.73. The first-order valence-electron chi connectivity index (χ1n) is 3.73. The number of fused-ring (bicyclic) bond motifs is 1. The van der Waals surface area contributed by atoms with Crippen molar-refractivity contribution in [2.24, 2.45) is 0 Å². The maximum Gasteiger partial charge on any atom is 0.348 e. The second-order valence-electron chi connectivity index (χ2n) is 2.51. The topological polar surface area (TPSA) is 63.0 Å². The van der Waals surface area contributed by atoms with Gasteiger partial charge in [-0.3, -0.25) is 0 Å². The predicted octanol–water partition coefficient (Wildman–Crippen LogP) is -0.0200.